The van der Waals surface area contributed by atoms with Gasteiger partial charge in [-0.3, -0.25) is 14.4 Å². The number of hydrogen-bond acceptors (Lipinski definition) is 14. The van der Waals surface area contributed by atoms with Crippen LogP contribution >= 0.6 is 34.9 Å². The molecule has 5 rings (SSSR count). The first-order chi connectivity index (χ1) is 19.3. The molecule has 18 heteroatoms. The van der Waals surface area contributed by atoms with E-state index in [9.17, 15) is 19.5 Å². The van der Waals surface area contributed by atoms with Crippen molar-refractivity contribution in [2.75, 3.05) is 24.6 Å². The predicted molar refractivity (Wildman–Crippen MR) is 148 cm³/mol. The molecule has 4 atom stereocenters. The monoisotopic (exact) mass is 610 g/mol. The van der Waals surface area contributed by atoms with E-state index in [-0.39, 0.29) is 40.8 Å². The Hall–Kier alpha value is -2.96. The van der Waals surface area contributed by atoms with Gasteiger partial charge in [-0.15, -0.1) is 33.3 Å². The maximum Gasteiger partial charge on any atom is 0.313 e. The summed E-state index contributed by atoms with van der Waals surface area (Å²) < 4.78 is 0. The Labute approximate surface area is 241 Å². The molecule has 3 unspecified atom stereocenters. The molecular weight excluding hydrogens is 581 g/mol. The fourth-order valence-electron chi connectivity index (χ4n) is 5.07. The number of tetrazole rings is 1. The Morgan fingerprint density at radius 2 is 2.20 bits per heavy atom. The number of carboxylic acid groups (broad SMARTS) is 1. The normalized spacial score (nSPS) is 25.8. The summed E-state index contributed by atoms with van der Waals surface area (Å²) in [6.45, 7) is 0.379. The van der Waals surface area contributed by atoms with Crippen LogP contribution in [0.1, 0.15) is 44.2 Å². The Bertz CT molecular complexity index is 1250. The second-order valence-electron chi connectivity index (χ2n) is 9.83. The van der Waals surface area contributed by atoms with Crippen LogP contribution in [-0.4, -0.2) is 101 Å². The van der Waals surface area contributed by atoms with E-state index < -0.39 is 34.0 Å². The number of rotatable bonds is 12. The number of nitrogens with two attached hydrogens (primary N) is 2. The van der Waals surface area contributed by atoms with Crippen LogP contribution in [0, 0.1) is 5.41 Å². The van der Waals surface area contributed by atoms with Gasteiger partial charge >= 0.3 is 5.97 Å². The molecule has 0 spiro atoms. The number of nitrogens with one attached hydrogen (secondary N) is 2. The summed E-state index contributed by atoms with van der Waals surface area (Å²) in [5, 5.41) is 32.5. The average molecular weight is 611 g/mol. The molecule has 3 aliphatic rings. The molecule has 7 N–H and O–H groups in total. The second-order valence-corrected chi connectivity index (χ2v) is 13.0. The number of β-lactam (4-membered cyclic amide) rings is 1. The molecular formula is C22H30N10O5S3. The average Bonchev–Trinajstić information content (AvgIpc) is 3.73. The summed E-state index contributed by atoms with van der Waals surface area (Å²) in [4.78, 5) is 50.6. The summed E-state index contributed by atoms with van der Waals surface area (Å²) in [5.41, 5.74) is 10.4. The smallest absolute Gasteiger partial charge is 0.313 e. The van der Waals surface area contributed by atoms with Crippen molar-refractivity contribution in [3.63, 3.8) is 0 Å². The standard InChI is InChI=1S/C22H30N10O5S3/c23-7-3-6-13(40-21-27-30-31-28-21)22(19(35)36)9-32-17(34)15(18(32)39-10-22)26-16(33)14(12-8-38-20(24)25-12)29-37-11-4-1-2-5-11/h8,11,13,15,18H,1-7,9-10,23H2,(H2,24,25)(H,26,33)(H,35,36)(H,27,28,30,31)/t13?,15?,18-,22?/m1/s1. The Kier molecular flexibility index (Phi) is 8.77. The van der Waals surface area contributed by atoms with Gasteiger partial charge in [-0.2, -0.15) is 5.21 Å². The number of carbonyl (C=O) groups is 3. The van der Waals surface area contributed by atoms with Crippen molar-refractivity contribution in [1.29, 1.82) is 0 Å². The Balaban J connectivity index is 1.30. The Morgan fingerprint density at radius 1 is 1.40 bits per heavy atom. The zero-order chi connectivity index (χ0) is 28.3. The lowest BCUT2D eigenvalue weighted by molar-refractivity contribution is -0.158. The van der Waals surface area contributed by atoms with Gasteiger partial charge in [0.2, 0.25) is 11.1 Å². The molecule has 2 amide bonds. The van der Waals surface area contributed by atoms with Gasteiger partial charge < -0.3 is 31.6 Å². The third-order valence-electron chi connectivity index (χ3n) is 7.25. The van der Waals surface area contributed by atoms with Crippen molar-refractivity contribution in [3.8, 4) is 0 Å². The van der Waals surface area contributed by atoms with E-state index in [4.69, 9.17) is 16.3 Å². The number of hydrogen-bond donors (Lipinski definition) is 5. The first kappa shape index (κ1) is 28.6. The molecule has 216 valence electrons. The summed E-state index contributed by atoms with van der Waals surface area (Å²) in [7, 11) is 0. The minimum Gasteiger partial charge on any atom is -0.481 e. The molecule has 2 saturated heterocycles. The number of H-pyrrole nitrogens is 1. The summed E-state index contributed by atoms with van der Waals surface area (Å²) in [5.74, 6) is -1.77. The number of aromatic nitrogens is 5. The van der Waals surface area contributed by atoms with Gasteiger partial charge in [-0.1, -0.05) is 16.9 Å². The molecule has 1 aliphatic carbocycles. The predicted octanol–water partition coefficient (Wildman–Crippen LogP) is 0.272. The highest BCUT2D eigenvalue weighted by molar-refractivity contribution is 8.01. The van der Waals surface area contributed by atoms with Crippen LogP contribution in [-0.2, 0) is 19.2 Å². The molecule has 2 aromatic heterocycles. The minimum atomic E-state index is -1.27. The largest absolute Gasteiger partial charge is 0.481 e. The molecule has 2 aromatic rings. The van der Waals surface area contributed by atoms with Crippen LogP contribution in [0.2, 0.25) is 0 Å². The highest BCUT2D eigenvalue weighted by atomic mass is 32.2. The van der Waals surface area contributed by atoms with Gasteiger partial charge in [0.25, 0.3) is 5.91 Å². The molecule has 15 nitrogen and oxygen atoms in total. The zero-order valence-electron chi connectivity index (χ0n) is 21.4. The van der Waals surface area contributed by atoms with Gasteiger partial charge in [0.05, 0.1) is 0 Å². The molecule has 0 bridgehead atoms. The number of nitrogen functional groups attached to an aromatic ring is 1. The molecule has 0 aromatic carbocycles. The number of nitrogens with zero attached hydrogens (tertiary/aromatic N) is 6. The van der Waals surface area contributed by atoms with E-state index in [1.54, 1.807) is 5.38 Å². The number of oxime groups is 1. The lowest BCUT2D eigenvalue weighted by Crippen LogP contribution is -2.75. The quantitative estimate of drug-likeness (QED) is 0.0942. The van der Waals surface area contributed by atoms with Crippen molar-refractivity contribution in [1.82, 2.24) is 35.8 Å². The van der Waals surface area contributed by atoms with Crippen LogP contribution in [0.5, 0.6) is 0 Å². The van der Waals surface area contributed by atoms with Crippen LogP contribution in [0.4, 0.5) is 5.13 Å². The molecule has 40 heavy (non-hydrogen) atoms. The first-order valence-electron chi connectivity index (χ1n) is 12.8. The van der Waals surface area contributed by atoms with Crippen molar-refractivity contribution in [2.24, 2.45) is 16.3 Å². The van der Waals surface area contributed by atoms with E-state index in [1.807, 2.05) is 0 Å². The molecule has 0 radical (unpaired) electrons. The third kappa shape index (κ3) is 5.75. The van der Waals surface area contributed by atoms with Gasteiger partial charge in [-0.25, -0.2) is 4.98 Å². The van der Waals surface area contributed by atoms with E-state index in [0.717, 1.165) is 25.7 Å². The maximum absolute atomic E-state index is 13.3. The van der Waals surface area contributed by atoms with Crippen LogP contribution < -0.4 is 16.8 Å². The summed E-state index contributed by atoms with van der Waals surface area (Å²) >= 11 is 3.70. The highest BCUT2D eigenvalue weighted by Crippen LogP contribution is 2.48. The van der Waals surface area contributed by atoms with E-state index in [1.165, 1.54) is 39.8 Å². The summed E-state index contributed by atoms with van der Waals surface area (Å²) in [6.07, 6.45) is 4.80. The molecule has 4 heterocycles. The number of fused-ring (bicyclic) bond motifs is 1. The maximum atomic E-state index is 13.3. The fourth-order valence-corrected chi connectivity index (χ4v) is 8.55. The second kappa shape index (κ2) is 12.3. The number of aliphatic carboxylic acids is 1. The van der Waals surface area contributed by atoms with E-state index in [0.29, 0.717) is 24.5 Å². The van der Waals surface area contributed by atoms with Gasteiger partial charge in [0.15, 0.2) is 10.8 Å². The molecule has 3 fully saturated rings. The summed E-state index contributed by atoms with van der Waals surface area (Å²) in [6, 6.07) is -0.843. The van der Waals surface area contributed by atoms with Crippen molar-refractivity contribution >= 4 is 63.5 Å². The first-order valence-corrected chi connectivity index (χ1v) is 15.6. The topological polar surface area (TPSA) is 228 Å². The van der Waals surface area contributed by atoms with Gasteiger partial charge in [0, 0.05) is 22.9 Å². The lowest BCUT2D eigenvalue weighted by atomic mass is 9.81. The van der Waals surface area contributed by atoms with Gasteiger partial charge in [-0.05, 0) is 50.3 Å². The number of amides is 2. The van der Waals surface area contributed by atoms with Crippen molar-refractivity contribution in [2.45, 2.75) is 66.5 Å². The minimum absolute atomic E-state index is 0.0142. The van der Waals surface area contributed by atoms with Gasteiger partial charge in [0.1, 0.15) is 28.6 Å². The molecule has 1 saturated carbocycles. The van der Waals surface area contributed by atoms with E-state index >= 15 is 0 Å². The zero-order valence-corrected chi connectivity index (χ0v) is 23.8. The number of thioether (sulfide) groups is 2. The van der Waals surface area contributed by atoms with E-state index in [2.05, 4.69) is 36.1 Å². The number of anilines is 1. The van der Waals surface area contributed by atoms with Crippen LogP contribution in [0.15, 0.2) is 15.7 Å². The lowest BCUT2D eigenvalue weighted by Gasteiger charge is -2.55. The Morgan fingerprint density at radius 3 is 2.85 bits per heavy atom. The molecule has 2 aliphatic heterocycles. The number of thiazole rings is 1. The van der Waals surface area contributed by atoms with Crippen molar-refractivity contribution in [3.05, 3.63) is 11.1 Å². The van der Waals surface area contributed by atoms with Crippen molar-refractivity contribution < 1.29 is 24.3 Å². The highest BCUT2D eigenvalue weighted by Gasteiger charge is 2.60. The SMILES string of the molecule is NCCCC(Sc1nn[nH]n1)C1(C(=O)O)CS[C@@H]2C(NC(=O)C(=NOC3CCCC3)c3csc(N)n3)C(=O)N2C1. The number of carbonyl (C=O) groups excluding carboxylic acids is 2. The number of carboxylic acids is 1. The number of aromatic amines is 1. The fraction of sp³-hybridized carbons (Fsp3) is 0.636. The third-order valence-corrected chi connectivity index (χ3v) is 10.8. The van der Waals surface area contributed by atoms with Crippen LogP contribution in [0.25, 0.3) is 0 Å². The van der Waals surface area contributed by atoms with Crippen LogP contribution in [0.3, 0.4) is 0 Å².